The molecule has 5 nitrogen and oxygen atoms in total. The summed E-state index contributed by atoms with van der Waals surface area (Å²) in [7, 11) is 3.98. The van der Waals surface area contributed by atoms with Gasteiger partial charge in [0.25, 0.3) is 0 Å². The average Bonchev–Trinajstić information content (AvgIpc) is 2.76. The summed E-state index contributed by atoms with van der Waals surface area (Å²) in [6.07, 6.45) is 7.66. The van der Waals surface area contributed by atoms with Crippen molar-refractivity contribution in [3.63, 3.8) is 0 Å². The van der Waals surface area contributed by atoms with Gasteiger partial charge in [-0.3, -0.25) is 14.3 Å². The van der Waals surface area contributed by atoms with E-state index in [2.05, 4.69) is 38.1 Å². The van der Waals surface area contributed by atoms with Crippen LogP contribution >= 0.6 is 15.9 Å². The van der Waals surface area contributed by atoms with Crippen LogP contribution in [0.1, 0.15) is 5.56 Å². The second-order valence-electron chi connectivity index (χ2n) is 3.88. The molecule has 0 unspecified atom stereocenters. The molecule has 0 spiro atoms. The molecule has 86 valence electrons. The summed E-state index contributed by atoms with van der Waals surface area (Å²) in [4.78, 5) is 2.18. The van der Waals surface area contributed by atoms with Crippen molar-refractivity contribution in [1.29, 1.82) is 0 Å². The highest BCUT2D eigenvalue weighted by atomic mass is 79.9. The van der Waals surface area contributed by atoms with Gasteiger partial charge in [-0.25, -0.2) is 0 Å². The molecule has 0 aliphatic rings. The second-order valence-corrected chi connectivity index (χ2v) is 4.79. The van der Waals surface area contributed by atoms with Crippen molar-refractivity contribution in [2.75, 3.05) is 7.05 Å². The highest BCUT2D eigenvalue weighted by molar-refractivity contribution is 9.10. The summed E-state index contributed by atoms with van der Waals surface area (Å²) in [5, 5.41) is 8.35. The van der Waals surface area contributed by atoms with Crippen molar-refractivity contribution in [3.05, 3.63) is 34.8 Å². The predicted octanol–water partition coefficient (Wildman–Crippen LogP) is 1.47. The lowest BCUT2D eigenvalue weighted by atomic mass is 10.3. The van der Waals surface area contributed by atoms with Crippen LogP contribution < -0.4 is 0 Å². The maximum atomic E-state index is 4.21. The molecule has 0 radical (unpaired) electrons. The largest absolute Gasteiger partial charge is 0.283 e. The van der Waals surface area contributed by atoms with Crippen LogP contribution in [0.25, 0.3) is 0 Å². The summed E-state index contributed by atoms with van der Waals surface area (Å²) in [6.45, 7) is 1.63. The molecule has 16 heavy (non-hydrogen) atoms. The highest BCUT2D eigenvalue weighted by Crippen LogP contribution is 2.07. The fraction of sp³-hybridized carbons (Fsp3) is 0.400. The molecule has 0 bridgehead atoms. The first-order chi connectivity index (χ1) is 7.63. The molecule has 0 amide bonds. The molecule has 2 rings (SSSR count). The molecule has 0 aliphatic carbocycles. The van der Waals surface area contributed by atoms with E-state index in [0.717, 1.165) is 17.7 Å². The van der Waals surface area contributed by atoms with Crippen LogP contribution in [-0.4, -0.2) is 31.5 Å². The zero-order chi connectivity index (χ0) is 11.5. The van der Waals surface area contributed by atoms with Gasteiger partial charge in [-0.15, -0.1) is 0 Å². The van der Waals surface area contributed by atoms with Crippen LogP contribution in [0.4, 0.5) is 0 Å². The zero-order valence-electron chi connectivity index (χ0n) is 9.34. The number of halogens is 1. The summed E-state index contributed by atoms with van der Waals surface area (Å²) in [5.74, 6) is 0. The minimum atomic E-state index is 0.764. The van der Waals surface area contributed by atoms with Gasteiger partial charge in [-0.2, -0.15) is 10.2 Å². The molecule has 2 heterocycles. The van der Waals surface area contributed by atoms with Gasteiger partial charge < -0.3 is 0 Å². The highest BCUT2D eigenvalue weighted by Gasteiger charge is 2.03. The average molecular weight is 284 g/mol. The Bertz CT molecular complexity index is 419. The topological polar surface area (TPSA) is 38.9 Å². The van der Waals surface area contributed by atoms with Crippen molar-refractivity contribution < 1.29 is 0 Å². The van der Waals surface area contributed by atoms with Crippen LogP contribution in [0.2, 0.25) is 0 Å². The maximum Gasteiger partial charge on any atom is 0.0929 e. The summed E-state index contributed by atoms with van der Waals surface area (Å²) >= 11 is 3.38. The number of aryl methyl sites for hydroxylation is 1. The van der Waals surface area contributed by atoms with E-state index in [1.54, 1.807) is 6.20 Å². The Labute approximate surface area is 103 Å². The Kier molecular flexibility index (Phi) is 3.40. The van der Waals surface area contributed by atoms with Crippen molar-refractivity contribution in [3.8, 4) is 0 Å². The maximum absolute atomic E-state index is 4.21. The number of hydrogen-bond donors (Lipinski definition) is 0. The third-order valence-corrected chi connectivity index (χ3v) is 2.61. The Hall–Kier alpha value is -1.14. The van der Waals surface area contributed by atoms with Crippen LogP contribution in [0, 0.1) is 0 Å². The van der Waals surface area contributed by atoms with E-state index in [1.165, 1.54) is 5.56 Å². The van der Waals surface area contributed by atoms with Crippen LogP contribution in [0.5, 0.6) is 0 Å². The summed E-state index contributed by atoms with van der Waals surface area (Å²) in [5.41, 5.74) is 1.20. The molecule has 0 fully saturated rings. The lowest BCUT2D eigenvalue weighted by molar-refractivity contribution is 0.246. The number of aromatic nitrogens is 4. The van der Waals surface area contributed by atoms with E-state index in [0.29, 0.717) is 0 Å². The van der Waals surface area contributed by atoms with Crippen molar-refractivity contribution in [1.82, 2.24) is 24.5 Å². The van der Waals surface area contributed by atoms with Crippen molar-refractivity contribution >= 4 is 15.9 Å². The molecule has 0 N–H and O–H groups in total. The van der Waals surface area contributed by atoms with Gasteiger partial charge in [0.05, 0.1) is 23.5 Å². The quantitative estimate of drug-likeness (QED) is 0.853. The molecule has 0 saturated heterocycles. The van der Waals surface area contributed by atoms with E-state index < -0.39 is 0 Å². The van der Waals surface area contributed by atoms with E-state index in [1.807, 2.05) is 35.0 Å². The first-order valence-electron chi connectivity index (χ1n) is 4.97. The number of rotatable bonds is 4. The Morgan fingerprint density at radius 1 is 1.31 bits per heavy atom. The first kappa shape index (κ1) is 11.3. The molecular formula is C10H14BrN5. The van der Waals surface area contributed by atoms with Crippen LogP contribution in [0.3, 0.4) is 0 Å². The monoisotopic (exact) mass is 283 g/mol. The SMILES string of the molecule is CN(Cc1cnn(C)c1)Cn1cc(Br)cn1. The van der Waals surface area contributed by atoms with Gasteiger partial charge in [0.2, 0.25) is 0 Å². The van der Waals surface area contributed by atoms with Gasteiger partial charge in [-0.1, -0.05) is 0 Å². The van der Waals surface area contributed by atoms with Crippen LogP contribution in [-0.2, 0) is 20.3 Å². The number of nitrogens with zero attached hydrogens (tertiary/aromatic N) is 5. The van der Waals surface area contributed by atoms with Gasteiger partial charge in [0.15, 0.2) is 0 Å². The molecule has 0 atom stereocenters. The van der Waals surface area contributed by atoms with E-state index >= 15 is 0 Å². The number of hydrogen-bond acceptors (Lipinski definition) is 3. The Morgan fingerprint density at radius 2 is 2.12 bits per heavy atom. The van der Waals surface area contributed by atoms with E-state index in [-0.39, 0.29) is 0 Å². The van der Waals surface area contributed by atoms with Gasteiger partial charge >= 0.3 is 0 Å². The van der Waals surface area contributed by atoms with Crippen molar-refractivity contribution in [2.45, 2.75) is 13.2 Å². The minimum Gasteiger partial charge on any atom is -0.283 e. The van der Waals surface area contributed by atoms with Crippen molar-refractivity contribution in [2.24, 2.45) is 7.05 Å². The van der Waals surface area contributed by atoms with Crippen LogP contribution in [0.15, 0.2) is 29.3 Å². The molecule has 2 aromatic rings. The normalized spacial score (nSPS) is 11.2. The lowest BCUT2D eigenvalue weighted by Gasteiger charge is -2.15. The standard InChI is InChI=1S/C10H14BrN5/c1-14(5-9-3-12-15(2)6-9)8-16-7-10(11)4-13-16/h3-4,6-7H,5,8H2,1-2H3. The third-order valence-electron chi connectivity index (χ3n) is 2.20. The second kappa shape index (κ2) is 4.80. The van der Waals surface area contributed by atoms with Gasteiger partial charge in [0.1, 0.15) is 0 Å². The summed E-state index contributed by atoms with van der Waals surface area (Å²) in [6, 6.07) is 0. The fourth-order valence-electron chi connectivity index (χ4n) is 1.58. The molecular weight excluding hydrogens is 270 g/mol. The van der Waals surface area contributed by atoms with Gasteiger partial charge in [-0.05, 0) is 23.0 Å². The van der Waals surface area contributed by atoms with Gasteiger partial charge in [0, 0.05) is 31.5 Å². The Morgan fingerprint density at radius 3 is 2.69 bits per heavy atom. The third kappa shape index (κ3) is 2.93. The first-order valence-corrected chi connectivity index (χ1v) is 5.77. The zero-order valence-corrected chi connectivity index (χ0v) is 10.9. The molecule has 0 aliphatic heterocycles. The van der Waals surface area contributed by atoms with E-state index in [4.69, 9.17) is 0 Å². The lowest BCUT2D eigenvalue weighted by Crippen LogP contribution is -2.21. The Balaban J connectivity index is 1.91. The fourth-order valence-corrected chi connectivity index (χ4v) is 1.91. The van der Waals surface area contributed by atoms with E-state index in [9.17, 15) is 0 Å². The molecule has 0 aromatic carbocycles. The molecule has 6 heteroatoms. The minimum absolute atomic E-state index is 0.764. The molecule has 0 saturated carbocycles. The smallest absolute Gasteiger partial charge is 0.0929 e. The summed E-state index contributed by atoms with van der Waals surface area (Å²) < 4.78 is 4.70. The predicted molar refractivity (Wildman–Crippen MR) is 64.6 cm³/mol. The molecule has 2 aromatic heterocycles.